The van der Waals surface area contributed by atoms with Crippen LogP contribution in [-0.2, 0) is 9.53 Å². The van der Waals surface area contributed by atoms with Gasteiger partial charge in [0.1, 0.15) is 17.5 Å². The van der Waals surface area contributed by atoms with E-state index in [2.05, 4.69) is 6.92 Å². The number of para-hydroxylation sites is 1. The molecule has 0 saturated carbocycles. The van der Waals surface area contributed by atoms with Crippen LogP contribution in [0, 0.1) is 0 Å². The van der Waals surface area contributed by atoms with Crippen molar-refractivity contribution in [3.8, 4) is 11.5 Å². The molecule has 1 aromatic heterocycles. The number of ether oxygens (including phenoxy) is 3. The topological polar surface area (TPSA) is 79.1 Å². The minimum Gasteiger partial charge on any atom is -0.496 e. The van der Waals surface area contributed by atoms with Gasteiger partial charge in [-0.2, -0.15) is 0 Å². The fourth-order valence-electron chi connectivity index (χ4n) is 4.34. The van der Waals surface area contributed by atoms with Crippen molar-refractivity contribution in [2.45, 2.75) is 46.1 Å². The lowest BCUT2D eigenvalue weighted by Crippen LogP contribution is -2.40. The van der Waals surface area contributed by atoms with E-state index in [4.69, 9.17) is 19.2 Å². The summed E-state index contributed by atoms with van der Waals surface area (Å²) in [7, 11) is 1.58. The molecule has 1 aliphatic rings. The third kappa shape index (κ3) is 5.54. The molecule has 7 nitrogen and oxygen atoms in total. The zero-order valence-corrected chi connectivity index (χ0v) is 22.5. The molecular formula is C29H32N2O5S. The number of hydrogen-bond donors (Lipinski definition) is 0. The van der Waals surface area contributed by atoms with E-state index in [1.54, 1.807) is 18.6 Å². The molecule has 0 amide bonds. The van der Waals surface area contributed by atoms with Gasteiger partial charge in [-0.1, -0.05) is 61.9 Å². The molecule has 0 aliphatic carbocycles. The van der Waals surface area contributed by atoms with Crippen LogP contribution in [0.5, 0.6) is 11.5 Å². The summed E-state index contributed by atoms with van der Waals surface area (Å²) in [5, 5.41) is 0. The average molecular weight is 521 g/mol. The van der Waals surface area contributed by atoms with Crippen LogP contribution in [0.3, 0.4) is 0 Å². The van der Waals surface area contributed by atoms with Gasteiger partial charge in [0.2, 0.25) is 0 Å². The number of allylic oxidation sites excluding steroid dienone is 1. The van der Waals surface area contributed by atoms with Gasteiger partial charge >= 0.3 is 5.97 Å². The van der Waals surface area contributed by atoms with Crippen molar-refractivity contribution in [1.29, 1.82) is 0 Å². The van der Waals surface area contributed by atoms with Gasteiger partial charge in [-0.15, -0.1) is 0 Å². The van der Waals surface area contributed by atoms with E-state index < -0.39 is 12.0 Å². The van der Waals surface area contributed by atoms with Crippen molar-refractivity contribution in [2.75, 3.05) is 20.3 Å². The van der Waals surface area contributed by atoms with Crippen LogP contribution in [0.25, 0.3) is 6.08 Å². The third-order valence-corrected chi connectivity index (χ3v) is 6.96. The number of rotatable bonds is 10. The van der Waals surface area contributed by atoms with Crippen LogP contribution in [-0.4, -0.2) is 30.9 Å². The maximum absolute atomic E-state index is 13.8. The molecule has 194 valence electrons. The minimum atomic E-state index is -0.708. The lowest BCUT2D eigenvalue weighted by Gasteiger charge is -2.26. The maximum Gasteiger partial charge on any atom is 0.338 e. The van der Waals surface area contributed by atoms with E-state index >= 15 is 0 Å². The molecular weight excluding hydrogens is 488 g/mol. The summed E-state index contributed by atoms with van der Waals surface area (Å²) >= 11 is 1.31. The van der Waals surface area contributed by atoms with Gasteiger partial charge in [-0.25, -0.2) is 9.79 Å². The van der Waals surface area contributed by atoms with Gasteiger partial charge < -0.3 is 14.2 Å². The van der Waals surface area contributed by atoms with Gasteiger partial charge in [0, 0.05) is 5.56 Å². The Morgan fingerprint density at radius 1 is 1.08 bits per heavy atom. The predicted octanol–water partition coefficient (Wildman–Crippen LogP) is 4.38. The molecule has 2 aromatic carbocycles. The molecule has 0 fully saturated rings. The van der Waals surface area contributed by atoms with Gasteiger partial charge in [-0.05, 0) is 49.6 Å². The van der Waals surface area contributed by atoms with Crippen LogP contribution in [0.15, 0.2) is 69.6 Å². The Morgan fingerprint density at radius 3 is 2.51 bits per heavy atom. The molecule has 0 unspecified atom stereocenters. The number of nitrogens with zero attached hydrogens (tertiary/aromatic N) is 2. The number of thiazole rings is 1. The van der Waals surface area contributed by atoms with Crippen LogP contribution in [0.1, 0.15) is 57.2 Å². The Morgan fingerprint density at radius 2 is 1.84 bits per heavy atom. The molecule has 37 heavy (non-hydrogen) atoms. The molecule has 1 aliphatic heterocycles. The molecule has 0 bridgehead atoms. The van der Waals surface area contributed by atoms with Crippen molar-refractivity contribution < 1.29 is 19.0 Å². The van der Waals surface area contributed by atoms with Crippen molar-refractivity contribution in [3.05, 3.63) is 90.6 Å². The number of esters is 1. The van der Waals surface area contributed by atoms with Crippen LogP contribution < -0.4 is 24.4 Å². The van der Waals surface area contributed by atoms with E-state index in [-0.39, 0.29) is 12.2 Å². The Labute approximate surface area is 220 Å². The second-order valence-corrected chi connectivity index (χ2v) is 9.58. The lowest BCUT2D eigenvalue weighted by atomic mass is 9.93. The summed E-state index contributed by atoms with van der Waals surface area (Å²) in [6.07, 6.45) is 4.16. The van der Waals surface area contributed by atoms with Crippen LogP contribution >= 0.6 is 11.3 Å². The first kappa shape index (κ1) is 26.4. The summed E-state index contributed by atoms with van der Waals surface area (Å²) < 4.78 is 18.9. The number of hydrogen-bond acceptors (Lipinski definition) is 7. The zero-order chi connectivity index (χ0) is 26.4. The number of benzene rings is 2. The molecule has 2 heterocycles. The predicted molar refractivity (Wildman–Crippen MR) is 145 cm³/mol. The Bertz CT molecular complexity index is 1470. The quantitative estimate of drug-likeness (QED) is 0.371. The van der Waals surface area contributed by atoms with E-state index in [0.717, 1.165) is 24.2 Å². The highest BCUT2D eigenvalue weighted by Gasteiger charge is 2.35. The van der Waals surface area contributed by atoms with Crippen LogP contribution in [0.2, 0.25) is 0 Å². The molecule has 8 heteroatoms. The average Bonchev–Trinajstić information content (AvgIpc) is 3.22. The largest absolute Gasteiger partial charge is 0.496 e. The highest BCUT2D eigenvalue weighted by Crippen LogP contribution is 2.36. The highest BCUT2D eigenvalue weighted by molar-refractivity contribution is 7.07. The first-order chi connectivity index (χ1) is 18.0. The van der Waals surface area contributed by atoms with Crippen LogP contribution in [0.4, 0.5) is 0 Å². The van der Waals surface area contributed by atoms with Gasteiger partial charge in [-0.3, -0.25) is 9.36 Å². The van der Waals surface area contributed by atoms with Gasteiger partial charge in [0.05, 0.1) is 36.1 Å². The van der Waals surface area contributed by atoms with E-state index in [1.165, 1.54) is 11.3 Å². The molecule has 1 atom stereocenters. The molecule has 0 saturated heterocycles. The summed E-state index contributed by atoms with van der Waals surface area (Å²) in [5.74, 6) is 0.909. The Kier molecular flexibility index (Phi) is 8.61. The molecule has 0 spiro atoms. The zero-order valence-electron chi connectivity index (χ0n) is 21.7. The van der Waals surface area contributed by atoms with Gasteiger partial charge in [0.25, 0.3) is 5.56 Å². The number of methoxy groups -OCH3 is 1. The third-order valence-electron chi connectivity index (χ3n) is 5.98. The van der Waals surface area contributed by atoms with Crippen molar-refractivity contribution >= 4 is 23.4 Å². The Balaban J connectivity index is 1.92. The summed E-state index contributed by atoms with van der Waals surface area (Å²) in [6.45, 7) is 6.74. The standard InChI is InChI=1S/C29H32N2O5S/c1-5-10-22-25(28(33)35-7-3)26(21-11-8-9-12-23(21)34-4)31-27(32)24(37-29(31)30-22)18-19-13-15-20(16-14-19)36-17-6-2/h8-9,11-16,18,26H,5-7,10,17H2,1-4H3/b24-18-/t26-/m0/s1. The molecule has 0 N–H and O–H groups in total. The summed E-state index contributed by atoms with van der Waals surface area (Å²) in [4.78, 5) is 32.5. The number of aromatic nitrogens is 1. The highest BCUT2D eigenvalue weighted by atomic mass is 32.1. The maximum atomic E-state index is 13.8. The first-order valence-electron chi connectivity index (χ1n) is 12.6. The SMILES string of the molecule is CCCOc1ccc(/C=c2\sc3n(c2=O)[C@@H](c2ccccc2OC)C(C(=O)OCC)=C(CCC)N=3)cc1. The summed E-state index contributed by atoms with van der Waals surface area (Å²) in [6, 6.07) is 14.4. The molecule has 3 aromatic rings. The second-order valence-electron chi connectivity index (χ2n) is 8.57. The lowest BCUT2D eigenvalue weighted by molar-refractivity contribution is -0.139. The number of carbonyl (C=O) groups excluding carboxylic acids is 1. The van der Waals surface area contributed by atoms with E-state index in [1.807, 2.05) is 61.5 Å². The molecule has 4 rings (SSSR count). The smallest absolute Gasteiger partial charge is 0.338 e. The fraction of sp³-hybridized carbons (Fsp3) is 0.345. The Hall–Kier alpha value is -3.65. The summed E-state index contributed by atoms with van der Waals surface area (Å²) in [5.41, 5.74) is 2.39. The second kappa shape index (κ2) is 12.1. The van der Waals surface area contributed by atoms with Gasteiger partial charge in [0.15, 0.2) is 4.80 Å². The van der Waals surface area contributed by atoms with Crippen molar-refractivity contribution in [2.24, 2.45) is 4.99 Å². The number of fused-ring (bicyclic) bond motifs is 1. The normalized spacial score (nSPS) is 15.2. The van der Waals surface area contributed by atoms with E-state index in [0.29, 0.717) is 44.9 Å². The van der Waals surface area contributed by atoms with E-state index in [9.17, 15) is 9.59 Å². The first-order valence-corrected chi connectivity index (χ1v) is 13.4. The molecule has 0 radical (unpaired) electrons. The van der Waals surface area contributed by atoms with Crippen molar-refractivity contribution in [1.82, 2.24) is 4.57 Å². The van der Waals surface area contributed by atoms with Crippen molar-refractivity contribution in [3.63, 3.8) is 0 Å². The number of carbonyl (C=O) groups is 1. The fourth-order valence-corrected chi connectivity index (χ4v) is 5.36. The minimum absolute atomic E-state index is 0.219. The monoisotopic (exact) mass is 520 g/mol.